The summed E-state index contributed by atoms with van der Waals surface area (Å²) in [4.78, 5) is 17.4. The lowest BCUT2D eigenvalue weighted by atomic mass is 10.0. The number of nitrogens with zero attached hydrogens (tertiary/aromatic N) is 2. The predicted molar refractivity (Wildman–Crippen MR) is 88.4 cm³/mol. The van der Waals surface area contributed by atoms with E-state index in [9.17, 15) is 4.79 Å². The first-order chi connectivity index (χ1) is 10.6. The van der Waals surface area contributed by atoms with Gasteiger partial charge in [-0.25, -0.2) is 0 Å². The van der Waals surface area contributed by atoms with Crippen LogP contribution < -0.4 is 5.73 Å². The van der Waals surface area contributed by atoms with Gasteiger partial charge in [-0.2, -0.15) is 0 Å². The number of fused-ring (bicyclic) bond motifs is 2. The van der Waals surface area contributed by atoms with E-state index in [1.54, 1.807) is 0 Å². The molecular formula is C18H27N3O. The standard InChI is InChI=1S/C18H27N3O/c1-13(2)21-15-8-9-16(21)12-20(11-10-15)18(22)17(19)14-6-4-3-5-7-14/h3-7,13,15-17H,8-12,19H2,1-2H3/t15-,16-,17+/m0/s1. The van der Waals surface area contributed by atoms with Crippen LogP contribution in [-0.2, 0) is 4.79 Å². The number of hydrogen-bond donors (Lipinski definition) is 1. The molecule has 0 saturated carbocycles. The first kappa shape index (κ1) is 15.5. The molecule has 0 radical (unpaired) electrons. The van der Waals surface area contributed by atoms with E-state index in [1.165, 1.54) is 12.8 Å². The molecule has 0 unspecified atom stereocenters. The number of likely N-dealkylation sites (tertiary alicyclic amines) is 1. The molecule has 0 spiro atoms. The third-order valence-electron chi connectivity index (χ3n) is 5.17. The van der Waals surface area contributed by atoms with Crippen LogP contribution in [0.25, 0.3) is 0 Å². The number of carbonyl (C=O) groups excluding carboxylic acids is 1. The molecule has 4 nitrogen and oxygen atoms in total. The van der Waals surface area contributed by atoms with Crippen molar-refractivity contribution < 1.29 is 4.79 Å². The van der Waals surface area contributed by atoms with E-state index in [2.05, 4.69) is 18.7 Å². The molecule has 2 aliphatic rings. The van der Waals surface area contributed by atoms with Crippen molar-refractivity contribution in [2.45, 2.75) is 57.3 Å². The molecule has 3 atom stereocenters. The molecule has 2 heterocycles. The van der Waals surface area contributed by atoms with E-state index in [1.807, 2.05) is 35.2 Å². The van der Waals surface area contributed by atoms with Crippen LogP contribution in [0, 0.1) is 0 Å². The first-order valence-electron chi connectivity index (χ1n) is 8.44. The Morgan fingerprint density at radius 1 is 1.14 bits per heavy atom. The lowest BCUT2D eigenvalue weighted by Crippen LogP contribution is -2.46. The van der Waals surface area contributed by atoms with E-state index in [-0.39, 0.29) is 5.91 Å². The van der Waals surface area contributed by atoms with Crippen LogP contribution in [0.5, 0.6) is 0 Å². The topological polar surface area (TPSA) is 49.6 Å². The molecule has 1 aromatic carbocycles. The van der Waals surface area contributed by atoms with E-state index in [0.29, 0.717) is 18.1 Å². The maximum absolute atomic E-state index is 12.8. The molecule has 2 fully saturated rings. The monoisotopic (exact) mass is 301 g/mol. The second-order valence-corrected chi connectivity index (χ2v) is 6.89. The predicted octanol–water partition coefficient (Wildman–Crippen LogP) is 2.16. The Bertz CT molecular complexity index is 516. The summed E-state index contributed by atoms with van der Waals surface area (Å²) < 4.78 is 0. The summed E-state index contributed by atoms with van der Waals surface area (Å²) in [6, 6.07) is 10.9. The van der Waals surface area contributed by atoms with Crippen molar-refractivity contribution in [3.05, 3.63) is 35.9 Å². The van der Waals surface area contributed by atoms with Gasteiger partial charge in [-0.1, -0.05) is 30.3 Å². The van der Waals surface area contributed by atoms with Gasteiger partial charge in [-0.05, 0) is 38.7 Å². The molecular weight excluding hydrogens is 274 g/mol. The zero-order chi connectivity index (χ0) is 15.7. The Labute approximate surface area is 133 Å². The highest BCUT2D eigenvalue weighted by Gasteiger charge is 2.40. The normalized spacial score (nSPS) is 27.0. The second-order valence-electron chi connectivity index (χ2n) is 6.89. The minimum atomic E-state index is -0.537. The smallest absolute Gasteiger partial charge is 0.244 e. The average Bonchev–Trinajstić information content (AvgIpc) is 2.81. The van der Waals surface area contributed by atoms with Gasteiger partial charge in [0.25, 0.3) is 0 Å². The highest BCUT2D eigenvalue weighted by Crippen LogP contribution is 2.32. The molecule has 2 N–H and O–H groups in total. The van der Waals surface area contributed by atoms with Gasteiger partial charge >= 0.3 is 0 Å². The van der Waals surface area contributed by atoms with Gasteiger partial charge in [0.05, 0.1) is 0 Å². The number of rotatable bonds is 3. The highest BCUT2D eigenvalue weighted by atomic mass is 16.2. The van der Waals surface area contributed by atoms with Crippen molar-refractivity contribution in [2.24, 2.45) is 5.73 Å². The molecule has 0 aromatic heterocycles. The Morgan fingerprint density at radius 3 is 2.50 bits per heavy atom. The van der Waals surface area contributed by atoms with Crippen molar-refractivity contribution >= 4 is 5.91 Å². The van der Waals surface area contributed by atoms with Crippen LogP contribution in [0.1, 0.15) is 44.7 Å². The summed E-state index contributed by atoms with van der Waals surface area (Å²) in [6.45, 7) is 6.19. The number of carbonyl (C=O) groups is 1. The van der Waals surface area contributed by atoms with Crippen LogP contribution in [0.2, 0.25) is 0 Å². The van der Waals surface area contributed by atoms with Gasteiger partial charge in [0.2, 0.25) is 5.91 Å². The number of amides is 1. The second kappa shape index (κ2) is 6.39. The summed E-state index contributed by atoms with van der Waals surface area (Å²) in [5.41, 5.74) is 7.11. The van der Waals surface area contributed by atoms with Gasteiger partial charge in [0.1, 0.15) is 6.04 Å². The summed E-state index contributed by atoms with van der Waals surface area (Å²) in [7, 11) is 0. The van der Waals surface area contributed by atoms with Crippen LogP contribution in [0.15, 0.2) is 30.3 Å². The Hall–Kier alpha value is -1.39. The van der Waals surface area contributed by atoms with Crippen molar-refractivity contribution in [2.75, 3.05) is 13.1 Å². The zero-order valence-corrected chi connectivity index (χ0v) is 13.6. The molecule has 120 valence electrons. The first-order valence-corrected chi connectivity index (χ1v) is 8.44. The number of benzene rings is 1. The van der Waals surface area contributed by atoms with Crippen LogP contribution in [0.4, 0.5) is 0 Å². The molecule has 2 bridgehead atoms. The maximum atomic E-state index is 12.8. The van der Waals surface area contributed by atoms with Crippen molar-refractivity contribution in [1.82, 2.24) is 9.80 Å². The summed E-state index contributed by atoms with van der Waals surface area (Å²) >= 11 is 0. The average molecular weight is 301 g/mol. The molecule has 0 aliphatic carbocycles. The molecule has 3 rings (SSSR count). The van der Waals surface area contributed by atoms with E-state index in [4.69, 9.17) is 5.73 Å². The fraction of sp³-hybridized carbons (Fsp3) is 0.611. The largest absolute Gasteiger partial charge is 0.339 e. The van der Waals surface area contributed by atoms with Crippen molar-refractivity contribution in [3.8, 4) is 0 Å². The molecule has 1 aromatic rings. The molecule has 22 heavy (non-hydrogen) atoms. The molecule has 4 heteroatoms. The van der Waals surface area contributed by atoms with Gasteiger partial charge in [0.15, 0.2) is 0 Å². The third-order valence-corrected chi connectivity index (χ3v) is 5.17. The minimum Gasteiger partial charge on any atom is -0.339 e. The SMILES string of the molecule is CC(C)N1[C@H]2CC[C@H]1CN(C(=O)[C@H](N)c1ccccc1)CC2. The third kappa shape index (κ3) is 2.90. The van der Waals surface area contributed by atoms with E-state index < -0.39 is 6.04 Å². The van der Waals surface area contributed by atoms with Crippen molar-refractivity contribution in [1.29, 1.82) is 0 Å². The summed E-state index contributed by atoms with van der Waals surface area (Å²) in [5, 5.41) is 0. The Kier molecular flexibility index (Phi) is 4.50. The fourth-order valence-corrected chi connectivity index (χ4v) is 4.15. The Morgan fingerprint density at radius 2 is 1.82 bits per heavy atom. The number of nitrogens with two attached hydrogens (primary N) is 1. The summed E-state index contributed by atoms with van der Waals surface area (Å²) in [5.74, 6) is 0.0717. The van der Waals surface area contributed by atoms with Crippen molar-refractivity contribution in [3.63, 3.8) is 0 Å². The van der Waals surface area contributed by atoms with Gasteiger partial charge in [-0.15, -0.1) is 0 Å². The molecule has 1 amide bonds. The fourth-order valence-electron chi connectivity index (χ4n) is 4.15. The molecule has 2 aliphatic heterocycles. The minimum absolute atomic E-state index is 0.0717. The zero-order valence-electron chi connectivity index (χ0n) is 13.6. The van der Waals surface area contributed by atoms with Crippen LogP contribution in [-0.4, -0.2) is 46.9 Å². The number of hydrogen-bond acceptors (Lipinski definition) is 3. The van der Waals surface area contributed by atoms with Crippen LogP contribution >= 0.6 is 0 Å². The van der Waals surface area contributed by atoms with Gasteiger partial charge in [0, 0.05) is 31.2 Å². The van der Waals surface area contributed by atoms with E-state index >= 15 is 0 Å². The van der Waals surface area contributed by atoms with Crippen LogP contribution in [0.3, 0.4) is 0 Å². The highest BCUT2D eigenvalue weighted by molar-refractivity contribution is 5.83. The van der Waals surface area contributed by atoms with Gasteiger partial charge in [-0.3, -0.25) is 9.69 Å². The summed E-state index contributed by atoms with van der Waals surface area (Å²) in [6.07, 6.45) is 3.55. The molecule has 2 saturated heterocycles. The van der Waals surface area contributed by atoms with Gasteiger partial charge < -0.3 is 10.6 Å². The lowest BCUT2D eigenvalue weighted by Gasteiger charge is -2.32. The lowest BCUT2D eigenvalue weighted by molar-refractivity contribution is -0.133. The quantitative estimate of drug-likeness (QED) is 0.931. The van der Waals surface area contributed by atoms with E-state index in [0.717, 1.165) is 25.1 Å². The Balaban J connectivity index is 1.72. The maximum Gasteiger partial charge on any atom is 0.244 e.